The Balaban J connectivity index is 2.36. The lowest BCUT2D eigenvalue weighted by Gasteiger charge is -2.05. The molecule has 3 nitrogen and oxygen atoms in total. The Labute approximate surface area is 77.0 Å². The van der Waals surface area contributed by atoms with Crippen LogP contribution in [0.25, 0.3) is 0 Å². The van der Waals surface area contributed by atoms with Crippen molar-refractivity contribution in [1.82, 2.24) is 0 Å². The molecule has 3 heteroatoms. The topological polar surface area (TPSA) is 59.1 Å². The minimum absolute atomic E-state index is 0.569. The van der Waals surface area contributed by atoms with E-state index >= 15 is 0 Å². The maximum atomic E-state index is 7.19. The summed E-state index contributed by atoms with van der Waals surface area (Å²) in [6, 6.07) is 5.83. The van der Waals surface area contributed by atoms with E-state index in [4.69, 9.17) is 11.3 Å². The van der Waals surface area contributed by atoms with E-state index < -0.39 is 0 Å². The molecule has 13 heavy (non-hydrogen) atoms. The molecule has 68 valence electrons. The van der Waals surface area contributed by atoms with Crippen molar-refractivity contribution in [3.05, 3.63) is 29.3 Å². The Morgan fingerprint density at radius 3 is 2.77 bits per heavy atom. The summed E-state index contributed by atoms with van der Waals surface area (Å²) in [6.07, 6.45) is 3.80. The van der Waals surface area contributed by atoms with Crippen LogP contribution < -0.4 is 10.7 Å². The van der Waals surface area contributed by atoms with Crippen LogP contribution >= 0.6 is 0 Å². The molecule has 1 aliphatic carbocycles. The smallest absolute Gasteiger partial charge is 0.155 e. The summed E-state index contributed by atoms with van der Waals surface area (Å²) < 4.78 is 0. The van der Waals surface area contributed by atoms with Gasteiger partial charge in [-0.05, 0) is 36.5 Å². The van der Waals surface area contributed by atoms with Crippen molar-refractivity contribution in [2.24, 2.45) is 5.90 Å². The quantitative estimate of drug-likeness (QED) is 0.545. The van der Waals surface area contributed by atoms with Crippen LogP contribution in [0, 0.1) is 5.41 Å². The molecule has 1 aliphatic rings. The average Bonchev–Trinajstić information content (AvgIpc) is 3.00. The summed E-state index contributed by atoms with van der Waals surface area (Å²) in [5, 5.41) is 7.19. The second kappa shape index (κ2) is 3.18. The Hall–Kier alpha value is -1.35. The van der Waals surface area contributed by atoms with Gasteiger partial charge >= 0.3 is 0 Å². The molecule has 1 fully saturated rings. The van der Waals surface area contributed by atoms with Gasteiger partial charge in [-0.2, -0.15) is 5.90 Å². The highest BCUT2D eigenvalue weighted by Crippen LogP contribution is 2.40. The van der Waals surface area contributed by atoms with Crippen LogP contribution in [0.3, 0.4) is 0 Å². The lowest BCUT2D eigenvalue weighted by atomic mass is 10.1. The van der Waals surface area contributed by atoms with Gasteiger partial charge in [0.2, 0.25) is 0 Å². The second-order valence-corrected chi connectivity index (χ2v) is 3.33. The third-order valence-electron chi connectivity index (χ3n) is 2.37. The molecule has 3 N–H and O–H groups in total. The number of nitrogens with two attached hydrogens (primary N) is 1. The van der Waals surface area contributed by atoms with E-state index in [9.17, 15) is 0 Å². The lowest BCUT2D eigenvalue weighted by molar-refractivity contribution is 0.334. The fourth-order valence-electron chi connectivity index (χ4n) is 1.46. The first-order chi connectivity index (χ1) is 6.35. The molecule has 0 amide bonds. The number of hydrogen-bond acceptors (Lipinski definition) is 3. The summed E-state index contributed by atoms with van der Waals surface area (Å²) >= 11 is 0. The first kappa shape index (κ1) is 8.26. The highest BCUT2D eigenvalue weighted by molar-refractivity contribution is 5.81. The molecule has 0 bridgehead atoms. The summed E-state index contributed by atoms with van der Waals surface area (Å²) in [4.78, 5) is 4.64. The molecule has 0 aromatic heterocycles. The van der Waals surface area contributed by atoms with E-state index in [1.165, 1.54) is 24.6 Å². The molecule has 0 atom stereocenters. The van der Waals surface area contributed by atoms with Gasteiger partial charge in [-0.15, -0.1) is 0 Å². The van der Waals surface area contributed by atoms with Crippen LogP contribution in [0.5, 0.6) is 5.75 Å². The first-order valence-corrected chi connectivity index (χ1v) is 4.36. The third-order valence-corrected chi connectivity index (χ3v) is 2.37. The van der Waals surface area contributed by atoms with Crippen LogP contribution in [0.1, 0.15) is 29.9 Å². The first-order valence-electron chi connectivity index (χ1n) is 4.36. The van der Waals surface area contributed by atoms with Crippen LogP contribution in [-0.4, -0.2) is 6.21 Å². The molecule has 1 saturated carbocycles. The Kier molecular flexibility index (Phi) is 2.02. The average molecular weight is 176 g/mol. The second-order valence-electron chi connectivity index (χ2n) is 3.33. The van der Waals surface area contributed by atoms with Gasteiger partial charge in [0.1, 0.15) is 0 Å². The van der Waals surface area contributed by atoms with Crippen molar-refractivity contribution in [3.8, 4) is 5.75 Å². The normalized spacial score (nSPS) is 15.5. The zero-order valence-corrected chi connectivity index (χ0v) is 7.29. The van der Waals surface area contributed by atoms with Gasteiger partial charge in [0, 0.05) is 11.8 Å². The standard InChI is InChI=1S/C10H12N2O/c11-6-9-5-8(7-1-2-7)3-4-10(9)13-12/h3-7,11H,1-2,12H2. The van der Waals surface area contributed by atoms with E-state index in [0.717, 1.165) is 5.56 Å². The Morgan fingerprint density at radius 2 is 2.23 bits per heavy atom. The van der Waals surface area contributed by atoms with E-state index in [2.05, 4.69) is 4.84 Å². The van der Waals surface area contributed by atoms with Gasteiger partial charge in [-0.25, -0.2) is 0 Å². The van der Waals surface area contributed by atoms with E-state index in [1.54, 1.807) is 0 Å². The van der Waals surface area contributed by atoms with Gasteiger partial charge in [-0.3, -0.25) is 0 Å². The van der Waals surface area contributed by atoms with Gasteiger partial charge in [0.25, 0.3) is 0 Å². The van der Waals surface area contributed by atoms with Crippen molar-refractivity contribution in [2.75, 3.05) is 0 Å². The molecular formula is C10H12N2O. The minimum Gasteiger partial charge on any atom is -0.411 e. The summed E-state index contributed by atoms with van der Waals surface area (Å²) in [6.45, 7) is 0. The molecular weight excluding hydrogens is 164 g/mol. The predicted octanol–water partition coefficient (Wildman–Crippen LogP) is 1.81. The monoisotopic (exact) mass is 176 g/mol. The van der Waals surface area contributed by atoms with E-state index in [-0.39, 0.29) is 0 Å². The van der Waals surface area contributed by atoms with Crippen LogP contribution in [-0.2, 0) is 0 Å². The molecule has 2 rings (SSSR count). The molecule has 0 unspecified atom stereocenters. The number of nitrogens with one attached hydrogen (secondary N) is 1. The minimum atomic E-state index is 0.569. The van der Waals surface area contributed by atoms with Crippen LogP contribution in [0.4, 0.5) is 0 Å². The van der Waals surface area contributed by atoms with Crippen molar-refractivity contribution in [2.45, 2.75) is 18.8 Å². The summed E-state index contributed by atoms with van der Waals surface area (Å²) in [7, 11) is 0. The maximum absolute atomic E-state index is 7.19. The highest BCUT2D eigenvalue weighted by Gasteiger charge is 2.23. The molecule has 0 aliphatic heterocycles. The largest absolute Gasteiger partial charge is 0.411 e. The third kappa shape index (κ3) is 1.55. The fourth-order valence-corrected chi connectivity index (χ4v) is 1.46. The van der Waals surface area contributed by atoms with E-state index in [1.807, 2.05) is 18.2 Å². The Bertz CT molecular complexity index is 332. The fraction of sp³-hybridized carbons (Fsp3) is 0.300. The van der Waals surface area contributed by atoms with Crippen molar-refractivity contribution < 1.29 is 4.84 Å². The van der Waals surface area contributed by atoms with E-state index in [0.29, 0.717) is 11.7 Å². The van der Waals surface area contributed by atoms with Gasteiger partial charge in [-0.1, -0.05) is 6.07 Å². The predicted molar refractivity (Wildman–Crippen MR) is 51.1 cm³/mol. The SMILES string of the molecule is N=Cc1cc(C2CC2)ccc1ON. The van der Waals surface area contributed by atoms with Gasteiger partial charge < -0.3 is 10.2 Å². The Morgan fingerprint density at radius 1 is 1.46 bits per heavy atom. The zero-order chi connectivity index (χ0) is 9.26. The molecule has 0 spiro atoms. The van der Waals surface area contributed by atoms with Gasteiger partial charge in [0.15, 0.2) is 5.75 Å². The molecule has 0 radical (unpaired) electrons. The van der Waals surface area contributed by atoms with Crippen LogP contribution in [0.15, 0.2) is 18.2 Å². The van der Waals surface area contributed by atoms with Crippen LogP contribution in [0.2, 0.25) is 0 Å². The lowest BCUT2D eigenvalue weighted by Crippen LogP contribution is -2.04. The number of benzene rings is 1. The molecule has 1 aromatic carbocycles. The summed E-state index contributed by atoms with van der Waals surface area (Å²) in [5.41, 5.74) is 2.05. The maximum Gasteiger partial charge on any atom is 0.155 e. The van der Waals surface area contributed by atoms with Crippen molar-refractivity contribution in [1.29, 1.82) is 5.41 Å². The molecule has 1 aromatic rings. The number of hydrogen-bond donors (Lipinski definition) is 2. The van der Waals surface area contributed by atoms with Crippen molar-refractivity contribution in [3.63, 3.8) is 0 Å². The van der Waals surface area contributed by atoms with Gasteiger partial charge in [0.05, 0.1) is 0 Å². The molecule has 0 saturated heterocycles. The number of rotatable bonds is 3. The zero-order valence-electron chi connectivity index (χ0n) is 7.29. The molecule has 0 heterocycles. The summed E-state index contributed by atoms with van der Waals surface area (Å²) in [5.74, 6) is 6.33. The van der Waals surface area contributed by atoms with Crippen molar-refractivity contribution >= 4 is 6.21 Å². The highest BCUT2D eigenvalue weighted by atomic mass is 16.6.